The number of ether oxygens (including phenoxy) is 1. The lowest BCUT2D eigenvalue weighted by Gasteiger charge is -2.13. The van der Waals surface area contributed by atoms with Crippen LogP contribution in [0.4, 0.5) is 5.69 Å². The summed E-state index contributed by atoms with van der Waals surface area (Å²) in [6, 6.07) is 7.20. The summed E-state index contributed by atoms with van der Waals surface area (Å²) in [5, 5.41) is 11.7. The quantitative estimate of drug-likeness (QED) is 0.778. The normalized spacial score (nSPS) is 16.1. The van der Waals surface area contributed by atoms with Gasteiger partial charge in [-0.15, -0.1) is 0 Å². The zero-order valence-electron chi connectivity index (χ0n) is 10.1. The van der Waals surface area contributed by atoms with E-state index >= 15 is 0 Å². The van der Waals surface area contributed by atoms with E-state index in [1.807, 2.05) is 12.1 Å². The lowest BCUT2D eigenvalue weighted by Crippen LogP contribution is -2.31. The number of rotatable bonds is 5. The third-order valence-corrected chi connectivity index (χ3v) is 3.16. The molecule has 1 amide bonds. The van der Waals surface area contributed by atoms with Gasteiger partial charge in [-0.2, -0.15) is 0 Å². The number of benzene rings is 1. The zero-order valence-corrected chi connectivity index (χ0v) is 10.1. The fourth-order valence-corrected chi connectivity index (χ4v) is 1.83. The van der Waals surface area contributed by atoms with Crippen LogP contribution in [-0.2, 0) is 20.9 Å². The van der Waals surface area contributed by atoms with Crippen molar-refractivity contribution >= 4 is 17.6 Å². The van der Waals surface area contributed by atoms with Crippen molar-refractivity contribution < 1.29 is 19.4 Å². The Kier molecular flexibility index (Phi) is 3.34. The van der Waals surface area contributed by atoms with Crippen LogP contribution in [0.15, 0.2) is 24.3 Å². The highest BCUT2D eigenvalue weighted by molar-refractivity contribution is 6.11. The molecule has 1 aromatic rings. The molecule has 0 aliphatic heterocycles. The minimum Gasteiger partial charge on any atom is -0.480 e. The van der Waals surface area contributed by atoms with Crippen molar-refractivity contribution in [3.05, 3.63) is 29.8 Å². The fourth-order valence-electron chi connectivity index (χ4n) is 1.83. The number of nitrogens with one attached hydrogen (secondary N) is 1. The molecule has 0 radical (unpaired) electrons. The minimum atomic E-state index is -1.22. The van der Waals surface area contributed by atoms with Crippen molar-refractivity contribution in [3.63, 3.8) is 0 Å². The van der Waals surface area contributed by atoms with Crippen LogP contribution in [0.1, 0.15) is 18.4 Å². The number of aliphatic carboxylic acids is 1. The van der Waals surface area contributed by atoms with Crippen LogP contribution in [-0.4, -0.2) is 24.1 Å². The second-order valence-corrected chi connectivity index (χ2v) is 4.43. The molecule has 2 rings (SSSR count). The average Bonchev–Trinajstić information content (AvgIpc) is 3.13. The fraction of sp³-hybridized carbons (Fsp3) is 0.385. The van der Waals surface area contributed by atoms with E-state index in [9.17, 15) is 9.59 Å². The Morgan fingerprint density at radius 2 is 2.06 bits per heavy atom. The summed E-state index contributed by atoms with van der Waals surface area (Å²) in [5.41, 5.74) is 0.214. The standard InChI is InChI=1S/C13H15NO4/c1-18-8-9-4-2-3-5-10(9)14-11(15)13(6-7-13)12(16)17/h2-5H,6-8H2,1H3,(H,14,15)(H,16,17). The molecule has 1 aliphatic rings. The molecule has 96 valence electrons. The van der Waals surface area contributed by atoms with Gasteiger partial charge in [0.25, 0.3) is 0 Å². The smallest absolute Gasteiger partial charge is 0.319 e. The first-order valence-electron chi connectivity index (χ1n) is 5.72. The summed E-state index contributed by atoms with van der Waals surface area (Å²) in [4.78, 5) is 23.0. The van der Waals surface area contributed by atoms with Crippen LogP contribution in [0.3, 0.4) is 0 Å². The largest absolute Gasteiger partial charge is 0.480 e. The number of methoxy groups -OCH3 is 1. The van der Waals surface area contributed by atoms with Gasteiger partial charge in [0.05, 0.1) is 6.61 Å². The van der Waals surface area contributed by atoms with Gasteiger partial charge < -0.3 is 15.2 Å². The minimum absolute atomic E-state index is 0.372. The maximum Gasteiger partial charge on any atom is 0.319 e. The van der Waals surface area contributed by atoms with E-state index in [2.05, 4.69) is 5.32 Å². The molecule has 0 aromatic heterocycles. The number of amides is 1. The number of anilines is 1. The Morgan fingerprint density at radius 3 is 2.61 bits per heavy atom. The molecule has 0 spiro atoms. The maximum atomic E-state index is 12.0. The summed E-state index contributed by atoms with van der Waals surface area (Å²) < 4.78 is 5.03. The predicted octanol–water partition coefficient (Wildman–Crippen LogP) is 1.64. The first-order valence-corrected chi connectivity index (χ1v) is 5.72. The molecule has 1 aliphatic carbocycles. The Morgan fingerprint density at radius 1 is 1.39 bits per heavy atom. The highest BCUT2D eigenvalue weighted by Crippen LogP contribution is 2.46. The first-order chi connectivity index (χ1) is 8.60. The molecular weight excluding hydrogens is 234 g/mol. The van der Waals surface area contributed by atoms with Gasteiger partial charge >= 0.3 is 5.97 Å². The van der Waals surface area contributed by atoms with Crippen molar-refractivity contribution in [3.8, 4) is 0 Å². The molecule has 0 saturated heterocycles. The Balaban J connectivity index is 2.15. The summed E-state index contributed by atoms with van der Waals surface area (Å²) in [6.07, 6.45) is 0.807. The van der Waals surface area contributed by atoms with Crippen molar-refractivity contribution in [2.24, 2.45) is 5.41 Å². The number of hydrogen-bond acceptors (Lipinski definition) is 3. The lowest BCUT2D eigenvalue weighted by molar-refractivity contribution is -0.147. The van der Waals surface area contributed by atoms with Crippen LogP contribution in [0.2, 0.25) is 0 Å². The average molecular weight is 249 g/mol. The molecule has 0 heterocycles. The molecule has 2 N–H and O–H groups in total. The van der Waals surface area contributed by atoms with Crippen LogP contribution < -0.4 is 5.32 Å². The first kappa shape index (κ1) is 12.6. The summed E-state index contributed by atoms with van der Waals surface area (Å²) in [7, 11) is 1.57. The van der Waals surface area contributed by atoms with Crippen molar-refractivity contribution in [2.45, 2.75) is 19.4 Å². The zero-order chi connectivity index (χ0) is 13.2. The number of hydrogen-bond donors (Lipinski definition) is 2. The van der Waals surface area contributed by atoms with E-state index in [4.69, 9.17) is 9.84 Å². The highest BCUT2D eigenvalue weighted by Gasteiger charge is 2.57. The predicted molar refractivity (Wildman–Crippen MR) is 65.1 cm³/mol. The second-order valence-electron chi connectivity index (χ2n) is 4.43. The number of carboxylic acid groups (broad SMARTS) is 1. The Bertz CT molecular complexity index is 480. The van der Waals surface area contributed by atoms with E-state index in [1.54, 1.807) is 19.2 Å². The monoisotopic (exact) mass is 249 g/mol. The molecule has 18 heavy (non-hydrogen) atoms. The van der Waals surface area contributed by atoms with Gasteiger partial charge in [-0.25, -0.2) is 0 Å². The third kappa shape index (κ3) is 2.22. The number of carbonyl (C=O) groups excluding carboxylic acids is 1. The number of carbonyl (C=O) groups is 2. The molecule has 1 aromatic carbocycles. The van der Waals surface area contributed by atoms with Gasteiger partial charge in [-0.1, -0.05) is 18.2 Å². The second kappa shape index (κ2) is 4.78. The lowest BCUT2D eigenvalue weighted by atomic mass is 10.1. The van der Waals surface area contributed by atoms with E-state index in [1.165, 1.54) is 0 Å². The summed E-state index contributed by atoms with van der Waals surface area (Å²) in [6.45, 7) is 0.372. The molecule has 1 fully saturated rings. The van der Waals surface area contributed by atoms with Gasteiger partial charge in [-0.05, 0) is 18.9 Å². The summed E-state index contributed by atoms with van der Waals surface area (Å²) in [5.74, 6) is -1.50. The maximum absolute atomic E-state index is 12.0. The van der Waals surface area contributed by atoms with Crippen LogP contribution in [0.5, 0.6) is 0 Å². The van der Waals surface area contributed by atoms with E-state index in [0.29, 0.717) is 25.1 Å². The molecule has 0 atom stereocenters. The van der Waals surface area contributed by atoms with Crippen molar-refractivity contribution in [2.75, 3.05) is 12.4 Å². The van der Waals surface area contributed by atoms with Crippen molar-refractivity contribution in [1.82, 2.24) is 0 Å². The molecule has 5 nitrogen and oxygen atoms in total. The van der Waals surface area contributed by atoms with Gasteiger partial charge in [0, 0.05) is 18.4 Å². The Labute approximate surface area is 105 Å². The van der Waals surface area contributed by atoms with Crippen LogP contribution in [0.25, 0.3) is 0 Å². The molecule has 1 saturated carbocycles. The third-order valence-electron chi connectivity index (χ3n) is 3.16. The van der Waals surface area contributed by atoms with Gasteiger partial charge in [-0.3, -0.25) is 9.59 Å². The van der Waals surface area contributed by atoms with Crippen LogP contribution in [0, 0.1) is 5.41 Å². The molecular formula is C13H15NO4. The molecule has 0 unspecified atom stereocenters. The van der Waals surface area contributed by atoms with E-state index < -0.39 is 17.3 Å². The SMILES string of the molecule is COCc1ccccc1NC(=O)C1(C(=O)O)CC1. The summed E-state index contributed by atoms with van der Waals surface area (Å²) >= 11 is 0. The topological polar surface area (TPSA) is 75.6 Å². The van der Waals surface area contributed by atoms with E-state index in [-0.39, 0.29) is 0 Å². The van der Waals surface area contributed by atoms with Gasteiger partial charge in [0.15, 0.2) is 0 Å². The molecule has 0 bridgehead atoms. The number of para-hydroxylation sites is 1. The highest BCUT2D eigenvalue weighted by atomic mass is 16.5. The number of carboxylic acids is 1. The van der Waals surface area contributed by atoms with Gasteiger partial charge in [0.1, 0.15) is 5.41 Å². The van der Waals surface area contributed by atoms with Gasteiger partial charge in [0.2, 0.25) is 5.91 Å². The Hall–Kier alpha value is -1.88. The van der Waals surface area contributed by atoms with E-state index in [0.717, 1.165) is 5.56 Å². The molecule has 5 heteroatoms. The van der Waals surface area contributed by atoms with Crippen molar-refractivity contribution in [1.29, 1.82) is 0 Å². The van der Waals surface area contributed by atoms with Crippen LogP contribution >= 0.6 is 0 Å².